The number of amides is 1. The van der Waals surface area contributed by atoms with Gasteiger partial charge in [0.25, 0.3) is 5.56 Å². The third kappa shape index (κ3) is 6.51. The number of thioether (sulfide) groups is 1. The van der Waals surface area contributed by atoms with E-state index in [2.05, 4.69) is 17.4 Å². The summed E-state index contributed by atoms with van der Waals surface area (Å²) in [7, 11) is 1.62. The minimum Gasteiger partial charge on any atom is -0.497 e. The third-order valence-corrected chi connectivity index (χ3v) is 6.75. The Morgan fingerprint density at radius 3 is 2.46 bits per heavy atom. The van der Waals surface area contributed by atoms with Gasteiger partial charge in [0.15, 0.2) is 5.16 Å². The average molecular weight is 488 g/mol. The third-order valence-electron chi connectivity index (χ3n) is 5.77. The minimum absolute atomic E-state index is 0.0503. The standard InChI is InChI=1S/C28H29N3O3S/c1-20(12-13-21-8-4-3-5-9-21)29-26(32)19-35-28-30-25-11-7-6-10-24(25)27(33)31(28)18-22-14-16-23(34-2)17-15-22/h3-11,14-17,20H,12-13,18-19H2,1-2H3,(H,29,32)/t20-/m0/s1. The quantitative estimate of drug-likeness (QED) is 0.260. The van der Waals surface area contributed by atoms with E-state index in [1.807, 2.05) is 67.6 Å². The summed E-state index contributed by atoms with van der Waals surface area (Å²) in [5.74, 6) is 0.864. The number of aryl methyl sites for hydroxylation is 1. The number of para-hydroxylation sites is 1. The lowest BCUT2D eigenvalue weighted by Crippen LogP contribution is -2.34. The molecule has 0 aliphatic carbocycles. The van der Waals surface area contributed by atoms with Crippen molar-refractivity contribution in [3.63, 3.8) is 0 Å². The maximum atomic E-state index is 13.3. The summed E-state index contributed by atoms with van der Waals surface area (Å²) in [5, 5.41) is 4.15. The fourth-order valence-electron chi connectivity index (χ4n) is 3.86. The largest absolute Gasteiger partial charge is 0.497 e. The van der Waals surface area contributed by atoms with Crippen molar-refractivity contribution in [1.82, 2.24) is 14.9 Å². The fourth-order valence-corrected chi connectivity index (χ4v) is 4.67. The number of ether oxygens (including phenoxy) is 1. The van der Waals surface area contributed by atoms with Crippen LogP contribution in [0.1, 0.15) is 24.5 Å². The molecule has 1 amide bonds. The summed E-state index contributed by atoms with van der Waals surface area (Å²) in [6.07, 6.45) is 1.76. The predicted molar refractivity (Wildman–Crippen MR) is 141 cm³/mol. The highest BCUT2D eigenvalue weighted by atomic mass is 32.2. The van der Waals surface area contributed by atoms with Gasteiger partial charge in [-0.25, -0.2) is 4.98 Å². The van der Waals surface area contributed by atoms with Crippen LogP contribution in [0.2, 0.25) is 0 Å². The molecule has 0 aliphatic rings. The van der Waals surface area contributed by atoms with Gasteiger partial charge < -0.3 is 10.1 Å². The second-order valence-electron chi connectivity index (χ2n) is 8.43. The fraction of sp³-hybridized carbons (Fsp3) is 0.250. The van der Waals surface area contributed by atoms with E-state index < -0.39 is 0 Å². The highest BCUT2D eigenvalue weighted by Gasteiger charge is 2.15. The molecular formula is C28H29N3O3S. The van der Waals surface area contributed by atoms with E-state index in [0.29, 0.717) is 22.6 Å². The van der Waals surface area contributed by atoms with Crippen molar-refractivity contribution < 1.29 is 9.53 Å². The lowest BCUT2D eigenvalue weighted by Gasteiger charge is -2.15. The Hall–Kier alpha value is -3.58. The molecule has 1 heterocycles. The first-order valence-corrected chi connectivity index (χ1v) is 12.6. The van der Waals surface area contributed by atoms with Gasteiger partial charge in [-0.05, 0) is 55.2 Å². The zero-order chi connectivity index (χ0) is 24.6. The average Bonchev–Trinajstić information content (AvgIpc) is 2.89. The molecule has 1 N–H and O–H groups in total. The number of rotatable bonds is 10. The van der Waals surface area contributed by atoms with Crippen molar-refractivity contribution >= 4 is 28.6 Å². The van der Waals surface area contributed by atoms with Crippen molar-refractivity contribution in [1.29, 1.82) is 0 Å². The van der Waals surface area contributed by atoms with Gasteiger partial charge in [0.05, 0.1) is 30.3 Å². The van der Waals surface area contributed by atoms with Gasteiger partial charge >= 0.3 is 0 Å². The summed E-state index contributed by atoms with van der Waals surface area (Å²) in [5.41, 5.74) is 2.71. The van der Waals surface area contributed by atoms with Gasteiger partial charge in [-0.15, -0.1) is 0 Å². The molecule has 0 fully saturated rings. The van der Waals surface area contributed by atoms with Gasteiger partial charge in [0.2, 0.25) is 5.91 Å². The second kappa shape index (κ2) is 11.7. The molecule has 0 aliphatic heterocycles. The molecule has 0 radical (unpaired) electrons. The smallest absolute Gasteiger partial charge is 0.262 e. The van der Waals surface area contributed by atoms with E-state index in [1.165, 1.54) is 17.3 Å². The topological polar surface area (TPSA) is 73.2 Å². The van der Waals surface area contributed by atoms with E-state index in [-0.39, 0.29) is 23.3 Å². The number of carbonyl (C=O) groups excluding carboxylic acids is 1. The Labute approximate surface area is 209 Å². The molecular weight excluding hydrogens is 458 g/mol. The van der Waals surface area contributed by atoms with Crippen LogP contribution in [0.25, 0.3) is 10.9 Å². The van der Waals surface area contributed by atoms with Gasteiger partial charge in [-0.1, -0.05) is 66.4 Å². The second-order valence-corrected chi connectivity index (χ2v) is 9.37. The molecule has 0 spiro atoms. The Kier molecular flexibility index (Phi) is 8.21. The molecule has 180 valence electrons. The molecule has 0 unspecified atom stereocenters. The van der Waals surface area contributed by atoms with Gasteiger partial charge in [-0.3, -0.25) is 14.2 Å². The number of benzene rings is 3. The number of aromatic nitrogens is 2. The van der Waals surface area contributed by atoms with Crippen molar-refractivity contribution in [2.45, 2.75) is 37.5 Å². The number of hydrogen-bond donors (Lipinski definition) is 1. The van der Waals surface area contributed by atoms with Crippen LogP contribution in [0.5, 0.6) is 5.75 Å². The molecule has 0 saturated heterocycles. The van der Waals surface area contributed by atoms with Crippen LogP contribution >= 0.6 is 11.8 Å². The number of fused-ring (bicyclic) bond motifs is 1. The van der Waals surface area contributed by atoms with Crippen LogP contribution in [-0.4, -0.2) is 34.4 Å². The van der Waals surface area contributed by atoms with Crippen LogP contribution in [-0.2, 0) is 17.8 Å². The van der Waals surface area contributed by atoms with E-state index in [1.54, 1.807) is 17.7 Å². The Balaban J connectivity index is 1.46. The molecule has 1 atom stereocenters. The van der Waals surface area contributed by atoms with E-state index >= 15 is 0 Å². The monoisotopic (exact) mass is 487 g/mol. The highest BCUT2D eigenvalue weighted by molar-refractivity contribution is 7.99. The van der Waals surface area contributed by atoms with Crippen LogP contribution in [0, 0.1) is 0 Å². The van der Waals surface area contributed by atoms with Crippen LogP contribution < -0.4 is 15.6 Å². The molecule has 4 aromatic rings. The number of nitrogens with one attached hydrogen (secondary N) is 1. The molecule has 3 aromatic carbocycles. The van der Waals surface area contributed by atoms with Crippen LogP contribution in [0.15, 0.2) is 88.8 Å². The zero-order valence-electron chi connectivity index (χ0n) is 19.9. The maximum Gasteiger partial charge on any atom is 0.262 e. The zero-order valence-corrected chi connectivity index (χ0v) is 20.8. The Morgan fingerprint density at radius 2 is 1.71 bits per heavy atom. The first-order chi connectivity index (χ1) is 17.0. The van der Waals surface area contributed by atoms with Crippen LogP contribution in [0.4, 0.5) is 0 Å². The molecule has 0 saturated carbocycles. The normalized spacial score (nSPS) is 11.8. The predicted octanol–water partition coefficient (Wildman–Crippen LogP) is 4.68. The molecule has 0 bridgehead atoms. The van der Waals surface area contributed by atoms with Crippen LogP contribution in [0.3, 0.4) is 0 Å². The SMILES string of the molecule is COc1ccc(Cn2c(SCC(=O)N[C@@H](C)CCc3ccccc3)nc3ccccc3c2=O)cc1. The first kappa shape index (κ1) is 24.5. The number of carbonyl (C=O) groups is 1. The summed E-state index contributed by atoms with van der Waals surface area (Å²) in [6, 6.07) is 25.2. The molecule has 1 aromatic heterocycles. The van der Waals surface area contributed by atoms with Crippen molar-refractivity contribution in [3.05, 3.63) is 100 Å². The van der Waals surface area contributed by atoms with Crippen molar-refractivity contribution in [2.24, 2.45) is 0 Å². The molecule has 35 heavy (non-hydrogen) atoms. The summed E-state index contributed by atoms with van der Waals surface area (Å²) >= 11 is 1.28. The van der Waals surface area contributed by atoms with E-state index in [9.17, 15) is 9.59 Å². The first-order valence-electron chi connectivity index (χ1n) is 11.6. The number of nitrogens with zero attached hydrogens (tertiary/aromatic N) is 2. The molecule has 4 rings (SSSR count). The van der Waals surface area contributed by atoms with E-state index in [4.69, 9.17) is 9.72 Å². The summed E-state index contributed by atoms with van der Waals surface area (Å²) in [6.45, 7) is 2.37. The number of hydrogen-bond acceptors (Lipinski definition) is 5. The lowest BCUT2D eigenvalue weighted by atomic mass is 10.1. The van der Waals surface area contributed by atoms with Gasteiger partial charge in [0, 0.05) is 6.04 Å². The summed E-state index contributed by atoms with van der Waals surface area (Å²) < 4.78 is 6.87. The Morgan fingerprint density at radius 1 is 1.00 bits per heavy atom. The molecule has 6 nitrogen and oxygen atoms in total. The minimum atomic E-state index is -0.120. The lowest BCUT2D eigenvalue weighted by molar-refractivity contribution is -0.119. The van der Waals surface area contributed by atoms with E-state index in [0.717, 1.165) is 24.2 Å². The van der Waals surface area contributed by atoms with Crippen molar-refractivity contribution in [3.8, 4) is 5.75 Å². The number of methoxy groups -OCH3 is 1. The van der Waals surface area contributed by atoms with Gasteiger partial charge in [0.1, 0.15) is 5.75 Å². The Bertz CT molecular complexity index is 1340. The highest BCUT2D eigenvalue weighted by Crippen LogP contribution is 2.20. The maximum absolute atomic E-state index is 13.3. The van der Waals surface area contributed by atoms with Crippen molar-refractivity contribution in [2.75, 3.05) is 12.9 Å². The molecule has 7 heteroatoms. The van der Waals surface area contributed by atoms with Gasteiger partial charge in [-0.2, -0.15) is 0 Å². The summed E-state index contributed by atoms with van der Waals surface area (Å²) in [4.78, 5) is 30.7.